The van der Waals surface area contributed by atoms with Crippen molar-refractivity contribution < 1.29 is 13.2 Å². The Hall–Kier alpha value is -0.620. The van der Waals surface area contributed by atoms with Crippen LogP contribution in [-0.4, -0.2) is 26.1 Å². The van der Waals surface area contributed by atoms with E-state index in [1.807, 2.05) is 4.72 Å². The Kier molecular flexibility index (Phi) is 5.07. The molecule has 3 N–H and O–H groups in total. The molecule has 1 atom stereocenters. The molecule has 1 unspecified atom stereocenters. The third kappa shape index (κ3) is 4.06. The van der Waals surface area contributed by atoms with Crippen LogP contribution in [0.25, 0.3) is 0 Å². The summed E-state index contributed by atoms with van der Waals surface area (Å²) in [6, 6.07) is 0. The van der Waals surface area contributed by atoms with Gasteiger partial charge in [0.25, 0.3) is 0 Å². The van der Waals surface area contributed by atoms with E-state index in [1.54, 1.807) is 6.92 Å². The van der Waals surface area contributed by atoms with Gasteiger partial charge in [-0.05, 0) is 26.8 Å². The summed E-state index contributed by atoms with van der Waals surface area (Å²) in [5.41, 5.74) is 5.26. The first-order valence-corrected chi connectivity index (χ1v) is 6.11. The van der Waals surface area contributed by atoms with E-state index in [4.69, 9.17) is 5.73 Å². The van der Waals surface area contributed by atoms with Gasteiger partial charge in [-0.25, -0.2) is 8.42 Å². The summed E-state index contributed by atoms with van der Waals surface area (Å²) >= 11 is 0. The van der Waals surface area contributed by atoms with Crippen LogP contribution >= 0.6 is 0 Å². The van der Waals surface area contributed by atoms with Crippen LogP contribution in [0.15, 0.2) is 0 Å². The number of hydrogen-bond donors (Lipinski definition) is 2. The van der Waals surface area contributed by atoms with Crippen molar-refractivity contribution in [3.05, 3.63) is 0 Å². The second kappa shape index (κ2) is 5.31. The third-order valence-electron chi connectivity index (χ3n) is 1.91. The van der Waals surface area contributed by atoms with Crippen molar-refractivity contribution in [3.63, 3.8) is 0 Å². The normalized spacial score (nSPS) is 14.1. The highest BCUT2D eigenvalue weighted by atomic mass is 32.2. The summed E-state index contributed by atoms with van der Waals surface area (Å²) in [5, 5.41) is -0.600. The maximum atomic E-state index is 11.3. The fourth-order valence-corrected chi connectivity index (χ4v) is 1.46. The highest BCUT2D eigenvalue weighted by Crippen LogP contribution is 2.03. The summed E-state index contributed by atoms with van der Waals surface area (Å²) in [5.74, 6) is -0.849. The zero-order valence-corrected chi connectivity index (χ0v) is 9.60. The van der Waals surface area contributed by atoms with E-state index in [2.05, 4.69) is 0 Å². The summed E-state index contributed by atoms with van der Waals surface area (Å²) in [7, 11) is -3.50. The molecule has 6 heteroatoms. The highest BCUT2D eigenvalue weighted by molar-refractivity contribution is 7.90. The third-order valence-corrected chi connectivity index (χ3v) is 3.64. The number of hydrogen-bond acceptors (Lipinski definition) is 4. The largest absolute Gasteiger partial charge is 0.330 e. The quantitative estimate of drug-likeness (QED) is 0.675. The predicted molar refractivity (Wildman–Crippen MR) is 55.0 cm³/mol. The molecule has 0 saturated carbocycles. The minimum atomic E-state index is -3.50. The van der Waals surface area contributed by atoms with Gasteiger partial charge in [-0.2, -0.15) is 0 Å². The first kappa shape index (κ1) is 13.4. The van der Waals surface area contributed by atoms with E-state index >= 15 is 0 Å². The molecule has 0 aromatic carbocycles. The summed E-state index contributed by atoms with van der Waals surface area (Å²) in [6.07, 6.45) is 0.486. The Morgan fingerprint density at radius 3 is 2.21 bits per heavy atom. The molecule has 0 aromatic heterocycles. The lowest BCUT2D eigenvalue weighted by Gasteiger charge is -2.13. The molecule has 0 spiro atoms. The molecular formula is C8H18N2O3S. The molecule has 5 nitrogen and oxygen atoms in total. The number of carbonyl (C=O) groups excluding carboxylic acids is 1. The van der Waals surface area contributed by atoms with E-state index in [9.17, 15) is 13.2 Å². The van der Waals surface area contributed by atoms with Crippen molar-refractivity contribution >= 4 is 15.9 Å². The van der Waals surface area contributed by atoms with Crippen LogP contribution < -0.4 is 10.5 Å². The number of amides is 1. The van der Waals surface area contributed by atoms with Crippen LogP contribution in [-0.2, 0) is 14.8 Å². The highest BCUT2D eigenvalue weighted by Gasteiger charge is 2.21. The molecule has 0 fully saturated rings. The fourth-order valence-electron chi connectivity index (χ4n) is 0.740. The Morgan fingerprint density at radius 2 is 1.86 bits per heavy atom. The first-order valence-electron chi connectivity index (χ1n) is 4.56. The van der Waals surface area contributed by atoms with E-state index in [0.29, 0.717) is 13.0 Å². The van der Waals surface area contributed by atoms with E-state index in [-0.39, 0.29) is 5.92 Å². The summed E-state index contributed by atoms with van der Waals surface area (Å²) in [6.45, 7) is 5.06. The monoisotopic (exact) mass is 222 g/mol. The standard InChI is InChI=1S/C8H18N2O3S/c1-6(2)14(12,13)10-8(11)7(3)4-5-9/h6-7H,4-5,9H2,1-3H3,(H,10,11). The smallest absolute Gasteiger partial charge is 0.237 e. The molecule has 0 aliphatic rings. The van der Waals surface area contributed by atoms with Gasteiger partial charge in [-0.1, -0.05) is 6.92 Å². The molecule has 14 heavy (non-hydrogen) atoms. The molecule has 0 rings (SSSR count). The first-order chi connectivity index (χ1) is 6.31. The Bertz CT molecular complexity index is 285. The van der Waals surface area contributed by atoms with Gasteiger partial charge in [-0.15, -0.1) is 0 Å². The number of carbonyl (C=O) groups is 1. The second-order valence-electron chi connectivity index (χ2n) is 3.54. The van der Waals surface area contributed by atoms with Gasteiger partial charge in [-0.3, -0.25) is 9.52 Å². The zero-order chi connectivity index (χ0) is 11.4. The Balaban J connectivity index is 4.33. The van der Waals surface area contributed by atoms with Crippen LogP contribution in [0.3, 0.4) is 0 Å². The summed E-state index contributed by atoms with van der Waals surface area (Å²) < 4.78 is 24.6. The molecule has 0 saturated heterocycles. The van der Waals surface area contributed by atoms with Crippen molar-refractivity contribution in [3.8, 4) is 0 Å². The zero-order valence-electron chi connectivity index (χ0n) is 8.78. The predicted octanol–water partition coefficient (Wildman–Crippen LogP) is -0.174. The second-order valence-corrected chi connectivity index (χ2v) is 5.78. The van der Waals surface area contributed by atoms with Gasteiger partial charge >= 0.3 is 0 Å². The summed E-state index contributed by atoms with van der Waals surface area (Å²) in [4.78, 5) is 11.3. The Morgan fingerprint density at radius 1 is 1.36 bits per heavy atom. The molecule has 1 amide bonds. The maximum Gasteiger partial charge on any atom is 0.237 e. The number of nitrogens with two attached hydrogens (primary N) is 1. The van der Waals surface area contributed by atoms with Crippen LogP contribution in [0.5, 0.6) is 0 Å². The van der Waals surface area contributed by atoms with Gasteiger partial charge in [0.2, 0.25) is 15.9 Å². The lowest BCUT2D eigenvalue weighted by Crippen LogP contribution is -2.39. The average molecular weight is 222 g/mol. The van der Waals surface area contributed by atoms with Crippen molar-refractivity contribution in [2.75, 3.05) is 6.54 Å². The SMILES string of the molecule is CC(CCN)C(=O)NS(=O)(=O)C(C)C. The van der Waals surface area contributed by atoms with Crippen molar-refractivity contribution in [1.29, 1.82) is 0 Å². The fraction of sp³-hybridized carbons (Fsp3) is 0.875. The molecule has 0 aliphatic carbocycles. The topological polar surface area (TPSA) is 89.3 Å². The van der Waals surface area contributed by atoms with Crippen LogP contribution in [0.1, 0.15) is 27.2 Å². The lowest BCUT2D eigenvalue weighted by atomic mass is 10.1. The number of nitrogens with one attached hydrogen (secondary N) is 1. The lowest BCUT2D eigenvalue weighted by molar-refractivity contribution is -0.122. The van der Waals surface area contributed by atoms with Crippen LogP contribution in [0.2, 0.25) is 0 Å². The van der Waals surface area contributed by atoms with Gasteiger partial charge in [0.15, 0.2) is 0 Å². The van der Waals surface area contributed by atoms with Gasteiger partial charge < -0.3 is 5.73 Å². The van der Waals surface area contributed by atoms with E-state index < -0.39 is 21.2 Å². The van der Waals surface area contributed by atoms with Crippen LogP contribution in [0.4, 0.5) is 0 Å². The van der Waals surface area contributed by atoms with E-state index in [0.717, 1.165) is 0 Å². The number of rotatable bonds is 5. The minimum absolute atomic E-state index is 0.367. The molecule has 84 valence electrons. The Labute approximate surface area is 85.1 Å². The van der Waals surface area contributed by atoms with Crippen molar-refractivity contribution in [2.45, 2.75) is 32.4 Å². The molecule has 0 radical (unpaired) electrons. The molecule has 0 aromatic rings. The van der Waals surface area contributed by atoms with Crippen molar-refractivity contribution in [1.82, 2.24) is 4.72 Å². The molecule has 0 aliphatic heterocycles. The molecular weight excluding hydrogens is 204 g/mol. The molecule has 0 heterocycles. The number of sulfonamides is 1. The van der Waals surface area contributed by atoms with Gasteiger partial charge in [0, 0.05) is 5.92 Å². The van der Waals surface area contributed by atoms with Gasteiger partial charge in [0.05, 0.1) is 5.25 Å². The van der Waals surface area contributed by atoms with E-state index in [1.165, 1.54) is 13.8 Å². The van der Waals surface area contributed by atoms with Gasteiger partial charge in [0.1, 0.15) is 0 Å². The van der Waals surface area contributed by atoms with Crippen LogP contribution in [0, 0.1) is 5.92 Å². The average Bonchev–Trinajstić information content (AvgIpc) is 2.03. The maximum absolute atomic E-state index is 11.3. The minimum Gasteiger partial charge on any atom is -0.330 e. The molecule has 0 bridgehead atoms. The van der Waals surface area contributed by atoms with Crippen molar-refractivity contribution in [2.24, 2.45) is 11.7 Å².